The van der Waals surface area contributed by atoms with Crippen molar-refractivity contribution in [2.24, 2.45) is 0 Å². The van der Waals surface area contributed by atoms with E-state index in [0.717, 1.165) is 10.5 Å². The summed E-state index contributed by atoms with van der Waals surface area (Å²) in [4.78, 5) is 24.7. The number of nitrogens with zero attached hydrogens (tertiary/aromatic N) is 1. The molecule has 1 aliphatic rings. The summed E-state index contributed by atoms with van der Waals surface area (Å²) in [6.45, 7) is 0.409. The molecular formula is C12H13F3N2O2S. The molecule has 8 heteroatoms. The number of carbonyl (C=O) groups excluding carboxylic acids is 2. The predicted molar refractivity (Wildman–Crippen MR) is 67.6 cm³/mol. The summed E-state index contributed by atoms with van der Waals surface area (Å²) in [5.41, 5.74) is 0.809. The molecule has 1 unspecified atom stereocenters. The summed E-state index contributed by atoms with van der Waals surface area (Å²) in [5, 5.41) is 4.37. The lowest BCUT2D eigenvalue weighted by Crippen LogP contribution is -2.39. The van der Waals surface area contributed by atoms with Gasteiger partial charge in [-0.2, -0.15) is 13.2 Å². The zero-order valence-electron chi connectivity index (χ0n) is 10.7. The largest absolute Gasteiger partial charge is 0.406 e. The van der Waals surface area contributed by atoms with Crippen molar-refractivity contribution < 1.29 is 22.8 Å². The van der Waals surface area contributed by atoms with E-state index in [-0.39, 0.29) is 18.9 Å². The highest BCUT2D eigenvalue weighted by atomic mass is 32.1. The van der Waals surface area contributed by atoms with Gasteiger partial charge in [-0.25, -0.2) is 0 Å². The van der Waals surface area contributed by atoms with Crippen LogP contribution in [0, 0.1) is 6.92 Å². The van der Waals surface area contributed by atoms with E-state index in [1.165, 1.54) is 11.3 Å². The highest BCUT2D eigenvalue weighted by Gasteiger charge is 2.38. The normalized spacial score (nSPS) is 19.5. The van der Waals surface area contributed by atoms with Crippen LogP contribution in [0.2, 0.25) is 0 Å². The van der Waals surface area contributed by atoms with Gasteiger partial charge in [-0.05, 0) is 23.9 Å². The minimum atomic E-state index is -4.42. The van der Waals surface area contributed by atoms with E-state index >= 15 is 0 Å². The van der Waals surface area contributed by atoms with Crippen LogP contribution in [0.15, 0.2) is 11.4 Å². The van der Waals surface area contributed by atoms with Crippen LogP contribution in [0.1, 0.15) is 21.7 Å². The van der Waals surface area contributed by atoms with Crippen LogP contribution in [0.3, 0.4) is 0 Å². The Morgan fingerprint density at radius 2 is 2.25 bits per heavy atom. The van der Waals surface area contributed by atoms with Crippen LogP contribution in [-0.4, -0.2) is 42.0 Å². The number of halogens is 3. The summed E-state index contributed by atoms with van der Waals surface area (Å²) < 4.78 is 36.8. The number of hydrogen-bond donors (Lipinski definition) is 1. The van der Waals surface area contributed by atoms with Crippen molar-refractivity contribution in [2.45, 2.75) is 25.6 Å². The van der Waals surface area contributed by atoms with E-state index in [0.29, 0.717) is 4.88 Å². The average Bonchev–Trinajstić information content (AvgIpc) is 2.84. The molecule has 0 radical (unpaired) electrons. The highest BCUT2D eigenvalue weighted by molar-refractivity contribution is 7.12. The van der Waals surface area contributed by atoms with Gasteiger partial charge in [0.05, 0.1) is 10.9 Å². The monoisotopic (exact) mass is 306 g/mol. The highest BCUT2D eigenvalue weighted by Crippen LogP contribution is 2.21. The fraction of sp³-hybridized carbons (Fsp3) is 0.500. The number of rotatable bonds is 3. The first-order chi connectivity index (χ1) is 9.26. The van der Waals surface area contributed by atoms with Gasteiger partial charge in [0.25, 0.3) is 5.91 Å². The molecule has 0 aromatic carbocycles. The van der Waals surface area contributed by atoms with Crippen molar-refractivity contribution in [3.8, 4) is 0 Å². The third-order valence-electron chi connectivity index (χ3n) is 2.99. The number of thiophene rings is 1. The third-order valence-corrected chi connectivity index (χ3v) is 4.00. The smallest absolute Gasteiger partial charge is 0.346 e. The predicted octanol–water partition coefficient (Wildman–Crippen LogP) is 1.95. The lowest BCUT2D eigenvalue weighted by molar-refractivity contribution is -0.157. The third kappa shape index (κ3) is 3.50. The molecule has 1 atom stereocenters. The van der Waals surface area contributed by atoms with Crippen LogP contribution >= 0.6 is 11.3 Å². The van der Waals surface area contributed by atoms with Gasteiger partial charge in [-0.3, -0.25) is 9.59 Å². The lowest BCUT2D eigenvalue weighted by atomic mass is 10.2. The van der Waals surface area contributed by atoms with Crippen molar-refractivity contribution >= 4 is 23.2 Å². The molecule has 0 aliphatic carbocycles. The van der Waals surface area contributed by atoms with Crippen LogP contribution in [0.4, 0.5) is 13.2 Å². The quantitative estimate of drug-likeness (QED) is 0.928. The van der Waals surface area contributed by atoms with Crippen LogP contribution in [-0.2, 0) is 4.79 Å². The van der Waals surface area contributed by atoms with Crippen molar-refractivity contribution in [2.75, 3.05) is 13.1 Å². The molecule has 2 amide bonds. The minimum Gasteiger partial charge on any atom is -0.346 e. The first kappa shape index (κ1) is 14.8. The molecule has 110 valence electrons. The Kier molecular flexibility index (Phi) is 4.03. The Balaban J connectivity index is 1.94. The topological polar surface area (TPSA) is 49.4 Å². The molecule has 20 heavy (non-hydrogen) atoms. The molecule has 2 heterocycles. The Hall–Kier alpha value is -1.57. The fourth-order valence-electron chi connectivity index (χ4n) is 2.09. The van der Waals surface area contributed by atoms with E-state index in [9.17, 15) is 22.8 Å². The van der Waals surface area contributed by atoms with Crippen molar-refractivity contribution in [3.05, 3.63) is 21.9 Å². The summed E-state index contributed by atoms with van der Waals surface area (Å²) in [6, 6.07) is 1.22. The number of nitrogens with one attached hydrogen (secondary N) is 1. The van der Waals surface area contributed by atoms with Gasteiger partial charge in [-0.15, -0.1) is 11.3 Å². The van der Waals surface area contributed by atoms with Gasteiger partial charge in [0.2, 0.25) is 5.91 Å². The van der Waals surface area contributed by atoms with Gasteiger partial charge < -0.3 is 10.2 Å². The standard InChI is InChI=1S/C12H13F3N2O2S/c1-7-2-3-20-10(7)11(19)16-8-4-9(18)17(5-8)6-12(13,14)15/h2-3,8H,4-6H2,1H3,(H,16,19). The summed E-state index contributed by atoms with van der Waals surface area (Å²) in [7, 11) is 0. The van der Waals surface area contributed by atoms with E-state index in [4.69, 9.17) is 0 Å². The number of carbonyl (C=O) groups is 2. The maximum atomic E-state index is 12.3. The first-order valence-electron chi connectivity index (χ1n) is 5.96. The van der Waals surface area contributed by atoms with Crippen molar-refractivity contribution in [3.63, 3.8) is 0 Å². The number of amides is 2. The maximum absolute atomic E-state index is 12.3. The summed E-state index contributed by atoms with van der Waals surface area (Å²) in [5.74, 6) is -0.931. The zero-order chi connectivity index (χ0) is 14.9. The minimum absolute atomic E-state index is 0.0910. The molecule has 0 bridgehead atoms. The van der Waals surface area contributed by atoms with Gasteiger partial charge in [0, 0.05) is 13.0 Å². The molecule has 1 aliphatic heterocycles. The Morgan fingerprint density at radius 3 is 2.80 bits per heavy atom. The van der Waals surface area contributed by atoms with Gasteiger partial charge in [0.15, 0.2) is 0 Å². The second kappa shape index (κ2) is 5.43. The lowest BCUT2D eigenvalue weighted by Gasteiger charge is -2.18. The number of likely N-dealkylation sites (tertiary alicyclic amines) is 1. The second-order valence-electron chi connectivity index (χ2n) is 4.70. The van der Waals surface area contributed by atoms with E-state index in [1.807, 2.05) is 0 Å². The van der Waals surface area contributed by atoms with Crippen molar-refractivity contribution in [1.29, 1.82) is 0 Å². The fourth-order valence-corrected chi connectivity index (χ4v) is 2.92. The first-order valence-corrected chi connectivity index (χ1v) is 6.84. The summed E-state index contributed by atoms with van der Waals surface area (Å²) >= 11 is 1.26. The molecule has 1 N–H and O–H groups in total. The molecule has 0 spiro atoms. The molecule has 2 rings (SSSR count). The van der Waals surface area contributed by atoms with Crippen molar-refractivity contribution in [1.82, 2.24) is 10.2 Å². The molecule has 0 saturated carbocycles. The van der Waals surface area contributed by atoms with Gasteiger partial charge >= 0.3 is 6.18 Å². The second-order valence-corrected chi connectivity index (χ2v) is 5.61. The molecule has 1 aromatic rings. The molecular weight excluding hydrogens is 293 g/mol. The van der Waals surface area contributed by atoms with Crippen LogP contribution in [0.5, 0.6) is 0 Å². The molecule has 4 nitrogen and oxygen atoms in total. The number of alkyl halides is 3. The maximum Gasteiger partial charge on any atom is 0.406 e. The van der Waals surface area contributed by atoms with E-state index in [2.05, 4.69) is 5.32 Å². The Labute approximate surface area is 117 Å². The zero-order valence-corrected chi connectivity index (χ0v) is 11.5. The molecule has 1 fully saturated rings. The summed E-state index contributed by atoms with van der Waals surface area (Å²) in [6.07, 6.45) is -4.51. The average molecular weight is 306 g/mol. The molecule has 1 saturated heterocycles. The Morgan fingerprint density at radius 1 is 1.55 bits per heavy atom. The van der Waals surface area contributed by atoms with Crippen LogP contribution in [0.25, 0.3) is 0 Å². The number of aryl methyl sites for hydroxylation is 1. The molecule has 1 aromatic heterocycles. The Bertz CT molecular complexity index is 527. The van der Waals surface area contributed by atoms with Crippen LogP contribution < -0.4 is 5.32 Å². The van der Waals surface area contributed by atoms with Gasteiger partial charge in [-0.1, -0.05) is 0 Å². The van der Waals surface area contributed by atoms with E-state index in [1.54, 1.807) is 18.4 Å². The number of hydrogen-bond acceptors (Lipinski definition) is 3. The van der Waals surface area contributed by atoms with Gasteiger partial charge in [0.1, 0.15) is 6.54 Å². The van der Waals surface area contributed by atoms with E-state index < -0.39 is 24.7 Å². The SMILES string of the molecule is Cc1ccsc1C(=O)NC1CC(=O)N(CC(F)(F)F)C1.